The molecule has 1 aliphatic carbocycles. The van der Waals surface area contributed by atoms with Gasteiger partial charge in [-0.3, -0.25) is 4.79 Å². The molecule has 2 fully saturated rings. The van der Waals surface area contributed by atoms with Crippen LogP contribution in [0.15, 0.2) is 12.3 Å². The maximum absolute atomic E-state index is 12.8. The first-order valence-corrected chi connectivity index (χ1v) is 7.86. The van der Waals surface area contributed by atoms with Crippen molar-refractivity contribution in [3.8, 4) is 0 Å². The van der Waals surface area contributed by atoms with Crippen molar-refractivity contribution in [2.75, 3.05) is 13.1 Å². The quantitative estimate of drug-likeness (QED) is 0.932. The van der Waals surface area contributed by atoms with Crippen molar-refractivity contribution < 1.29 is 4.79 Å². The number of carbonyl (C=O) groups is 1. The van der Waals surface area contributed by atoms with Crippen molar-refractivity contribution in [3.05, 3.63) is 23.0 Å². The molecule has 20 heavy (non-hydrogen) atoms. The first kappa shape index (κ1) is 14.0. The average Bonchev–Trinajstić information content (AvgIpc) is 3.21. The lowest BCUT2D eigenvalue weighted by Crippen LogP contribution is -2.47. The van der Waals surface area contributed by atoms with E-state index in [1.165, 1.54) is 0 Å². The Labute approximate surface area is 124 Å². The van der Waals surface area contributed by atoms with E-state index < -0.39 is 0 Å². The second kappa shape index (κ2) is 5.41. The standard InChI is InChI=1S/C15H22ClN3O/c1-10-2-3-11(7-17)8-18(10)15(20)14-6-12(16)9-19(14)13-4-5-13/h6,9-11,13H,2-5,7-8,17H2,1H3. The summed E-state index contributed by atoms with van der Waals surface area (Å²) < 4.78 is 2.06. The molecule has 2 unspecified atom stereocenters. The van der Waals surface area contributed by atoms with Gasteiger partial charge >= 0.3 is 0 Å². The van der Waals surface area contributed by atoms with Crippen LogP contribution < -0.4 is 5.73 Å². The van der Waals surface area contributed by atoms with E-state index in [4.69, 9.17) is 17.3 Å². The first-order chi connectivity index (χ1) is 9.60. The molecule has 2 atom stereocenters. The maximum atomic E-state index is 12.8. The Hall–Kier alpha value is -1.00. The van der Waals surface area contributed by atoms with E-state index in [-0.39, 0.29) is 11.9 Å². The number of hydrogen-bond donors (Lipinski definition) is 1. The largest absolute Gasteiger partial charge is 0.339 e. The summed E-state index contributed by atoms with van der Waals surface area (Å²) in [6, 6.07) is 2.56. The highest BCUT2D eigenvalue weighted by molar-refractivity contribution is 6.31. The lowest BCUT2D eigenvalue weighted by atomic mass is 9.93. The number of nitrogens with zero attached hydrogens (tertiary/aromatic N) is 2. The third-order valence-corrected chi connectivity index (χ3v) is 4.76. The van der Waals surface area contributed by atoms with Gasteiger partial charge in [-0.15, -0.1) is 0 Å². The number of piperidine rings is 1. The minimum absolute atomic E-state index is 0.106. The smallest absolute Gasteiger partial charge is 0.270 e. The van der Waals surface area contributed by atoms with Crippen molar-refractivity contribution >= 4 is 17.5 Å². The Morgan fingerprint density at radius 2 is 2.15 bits per heavy atom. The number of halogens is 1. The summed E-state index contributed by atoms with van der Waals surface area (Å²) in [6.45, 7) is 3.54. The summed E-state index contributed by atoms with van der Waals surface area (Å²) in [7, 11) is 0. The van der Waals surface area contributed by atoms with Crippen molar-refractivity contribution in [1.82, 2.24) is 9.47 Å². The Kier molecular flexibility index (Phi) is 3.78. The van der Waals surface area contributed by atoms with Gasteiger partial charge in [0.15, 0.2) is 0 Å². The molecule has 0 bridgehead atoms. The summed E-state index contributed by atoms with van der Waals surface area (Å²) >= 11 is 6.10. The molecule has 2 N–H and O–H groups in total. The highest BCUT2D eigenvalue weighted by Crippen LogP contribution is 2.38. The maximum Gasteiger partial charge on any atom is 0.270 e. The molecule has 3 rings (SSSR count). The van der Waals surface area contributed by atoms with E-state index in [9.17, 15) is 4.79 Å². The molecule has 0 spiro atoms. The van der Waals surface area contributed by atoms with E-state index in [0.717, 1.165) is 37.9 Å². The Bertz CT molecular complexity index is 509. The molecule has 2 aliphatic rings. The summed E-state index contributed by atoms with van der Waals surface area (Å²) in [5.41, 5.74) is 6.52. The van der Waals surface area contributed by atoms with E-state index in [1.807, 2.05) is 11.1 Å². The molecule has 1 saturated carbocycles. The summed E-state index contributed by atoms with van der Waals surface area (Å²) in [5.74, 6) is 0.532. The fourth-order valence-electron chi connectivity index (χ4n) is 3.08. The van der Waals surface area contributed by atoms with Crippen LogP contribution in [-0.2, 0) is 0 Å². The van der Waals surface area contributed by atoms with Crippen molar-refractivity contribution in [2.24, 2.45) is 11.7 Å². The van der Waals surface area contributed by atoms with Crippen molar-refractivity contribution in [2.45, 2.75) is 44.7 Å². The molecule has 0 radical (unpaired) electrons. The lowest BCUT2D eigenvalue weighted by molar-refractivity contribution is 0.0555. The van der Waals surface area contributed by atoms with E-state index in [1.54, 1.807) is 6.07 Å². The second-order valence-electron chi connectivity index (χ2n) is 6.17. The van der Waals surface area contributed by atoms with Gasteiger partial charge in [-0.1, -0.05) is 11.6 Å². The van der Waals surface area contributed by atoms with Gasteiger partial charge in [0, 0.05) is 24.8 Å². The number of rotatable bonds is 3. The third-order valence-electron chi connectivity index (χ3n) is 4.55. The number of carbonyl (C=O) groups excluding carboxylic acids is 1. The van der Waals surface area contributed by atoms with Crippen LogP contribution in [-0.4, -0.2) is 34.5 Å². The van der Waals surface area contributed by atoms with Crippen LogP contribution in [0.3, 0.4) is 0 Å². The molecule has 0 aromatic carbocycles. The van der Waals surface area contributed by atoms with E-state index in [0.29, 0.717) is 23.5 Å². The molecule has 1 aliphatic heterocycles. The summed E-state index contributed by atoms with van der Waals surface area (Å²) in [6.07, 6.45) is 6.33. The van der Waals surface area contributed by atoms with Gasteiger partial charge in [0.05, 0.1) is 5.02 Å². The van der Waals surface area contributed by atoms with Crippen LogP contribution in [0.25, 0.3) is 0 Å². The highest BCUT2D eigenvalue weighted by Gasteiger charge is 2.33. The monoisotopic (exact) mass is 295 g/mol. The topological polar surface area (TPSA) is 51.3 Å². The number of likely N-dealkylation sites (tertiary alicyclic amines) is 1. The van der Waals surface area contributed by atoms with Crippen LogP contribution in [0.1, 0.15) is 49.1 Å². The molecule has 1 aromatic rings. The van der Waals surface area contributed by atoms with Gasteiger partial charge in [0.25, 0.3) is 5.91 Å². The van der Waals surface area contributed by atoms with E-state index >= 15 is 0 Å². The van der Waals surface area contributed by atoms with Crippen LogP contribution in [0, 0.1) is 5.92 Å². The summed E-state index contributed by atoms with van der Waals surface area (Å²) in [4.78, 5) is 14.8. The Balaban J connectivity index is 1.83. The fourth-order valence-corrected chi connectivity index (χ4v) is 3.29. The number of hydrogen-bond acceptors (Lipinski definition) is 2. The predicted molar refractivity (Wildman–Crippen MR) is 80.0 cm³/mol. The molecule has 1 aromatic heterocycles. The normalized spacial score (nSPS) is 26.9. The molecule has 1 saturated heterocycles. The number of amides is 1. The number of aromatic nitrogens is 1. The van der Waals surface area contributed by atoms with Crippen molar-refractivity contribution in [3.63, 3.8) is 0 Å². The average molecular weight is 296 g/mol. The van der Waals surface area contributed by atoms with Crippen molar-refractivity contribution in [1.29, 1.82) is 0 Å². The zero-order valence-corrected chi connectivity index (χ0v) is 12.6. The zero-order chi connectivity index (χ0) is 14.3. The van der Waals surface area contributed by atoms with Gasteiger partial charge in [-0.05, 0) is 51.1 Å². The van der Waals surface area contributed by atoms with Gasteiger partial charge in [-0.2, -0.15) is 0 Å². The minimum Gasteiger partial charge on any atom is -0.339 e. The molecular formula is C15H22ClN3O. The second-order valence-corrected chi connectivity index (χ2v) is 6.60. The fraction of sp³-hybridized carbons (Fsp3) is 0.667. The molecular weight excluding hydrogens is 274 g/mol. The SMILES string of the molecule is CC1CCC(CN)CN1C(=O)c1cc(Cl)cn1C1CC1. The van der Waals surface area contributed by atoms with E-state index in [2.05, 4.69) is 11.5 Å². The third kappa shape index (κ3) is 2.59. The molecule has 110 valence electrons. The molecule has 5 heteroatoms. The van der Waals surface area contributed by atoms with Crippen LogP contribution in [0.4, 0.5) is 0 Å². The lowest BCUT2D eigenvalue weighted by Gasteiger charge is -2.37. The predicted octanol–water partition coefficient (Wildman–Crippen LogP) is 2.68. The van der Waals surface area contributed by atoms with Gasteiger partial charge in [-0.25, -0.2) is 0 Å². The van der Waals surface area contributed by atoms with Gasteiger partial charge < -0.3 is 15.2 Å². The van der Waals surface area contributed by atoms with Crippen LogP contribution in [0.5, 0.6) is 0 Å². The highest BCUT2D eigenvalue weighted by atomic mass is 35.5. The van der Waals surface area contributed by atoms with Gasteiger partial charge in [0.1, 0.15) is 5.69 Å². The molecule has 1 amide bonds. The molecule has 4 nitrogen and oxygen atoms in total. The summed E-state index contributed by atoms with van der Waals surface area (Å²) in [5, 5.41) is 0.653. The Morgan fingerprint density at radius 3 is 2.80 bits per heavy atom. The number of nitrogens with two attached hydrogens (primary N) is 1. The van der Waals surface area contributed by atoms with Crippen LogP contribution >= 0.6 is 11.6 Å². The molecule has 2 heterocycles. The van der Waals surface area contributed by atoms with Gasteiger partial charge in [0.2, 0.25) is 0 Å². The van der Waals surface area contributed by atoms with Crippen LogP contribution in [0.2, 0.25) is 5.02 Å². The Morgan fingerprint density at radius 1 is 1.40 bits per heavy atom. The minimum atomic E-state index is 0.106. The first-order valence-electron chi connectivity index (χ1n) is 7.48. The zero-order valence-electron chi connectivity index (χ0n) is 11.9.